The van der Waals surface area contributed by atoms with Crippen LogP contribution in [0.15, 0.2) is 46.3 Å². The average molecular weight is 461 g/mol. The van der Waals surface area contributed by atoms with Crippen LogP contribution in [0.1, 0.15) is 64.9 Å². The molecule has 0 unspecified atom stereocenters. The molecule has 0 N–H and O–H groups in total. The Hall–Kier alpha value is -1.03. The number of rotatable bonds is 11. The van der Waals surface area contributed by atoms with Gasteiger partial charge < -0.3 is 0 Å². The molecule has 0 aromatic heterocycles. The Morgan fingerprint density at radius 3 is 1.92 bits per heavy atom. The van der Waals surface area contributed by atoms with Gasteiger partial charge >= 0.3 is 164 Å². The van der Waals surface area contributed by atoms with Crippen molar-refractivity contribution in [2.24, 2.45) is 0 Å². The molecule has 0 fully saturated rings. The predicted molar refractivity (Wildman–Crippen MR) is 113 cm³/mol. The number of carbonyl (C=O) groups is 1. The molecule has 2 nitrogen and oxygen atoms in total. The molecular weight excluding hydrogens is 427 g/mol. The third kappa shape index (κ3) is 6.00. The summed E-state index contributed by atoms with van der Waals surface area (Å²) >= 11 is -2.50. The van der Waals surface area contributed by atoms with Crippen LogP contribution in [0.2, 0.25) is 13.3 Å². The number of hydrogen-bond donors (Lipinski definition) is 0. The molecule has 142 valence electrons. The molecule has 3 heteroatoms. The van der Waals surface area contributed by atoms with Crippen LogP contribution in [-0.2, 0) is 9.53 Å². The van der Waals surface area contributed by atoms with Crippen molar-refractivity contribution in [2.45, 2.75) is 72.6 Å². The van der Waals surface area contributed by atoms with E-state index in [1.165, 1.54) is 51.8 Å². The Bertz CT molecular complexity index is 609. The monoisotopic (exact) mass is 462 g/mol. The van der Waals surface area contributed by atoms with Gasteiger partial charge in [-0.25, -0.2) is 0 Å². The van der Waals surface area contributed by atoms with Crippen LogP contribution in [0.3, 0.4) is 0 Å². The summed E-state index contributed by atoms with van der Waals surface area (Å²) in [7, 11) is 0. The SMILES string of the molecule is CCC[CH2][Sn](/[CH]=C1/OC(=O)C=C1c1ccccc1)([CH2]CCC)[CH2]CCC. The molecule has 0 spiro atoms. The van der Waals surface area contributed by atoms with Gasteiger partial charge in [0.2, 0.25) is 0 Å². The van der Waals surface area contributed by atoms with E-state index >= 15 is 0 Å². The number of unbranched alkanes of at least 4 members (excludes halogenated alkanes) is 3. The molecule has 0 bridgehead atoms. The average Bonchev–Trinajstić information content (AvgIpc) is 3.03. The van der Waals surface area contributed by atoms with Crippen LogP contribution in [0.25, 0.3) is 5.57 Å². The minimum atomic E-state index is -2.50. The van der Waals surface area contributed by atoms with Crippen LogP contribution in [0.5, 0.6) is 0 Å². The summed E-state index contributed by atoms with van der Waals surface area (Å²) in [5, 5.41) is 0. The van der Waals surface area contributed by atoms with Gasteiger partial charge in [0, 0.05) is 0 Å². The molecule has 1 aromatic carbocycles. The predicted octanol–water partition coefficient (Wildman–Crippen LogP) is 6.90. The number of hydrogen-bond acceptors (Lipinski definition) is 2. The zero-order valence-corrected chi connectivity index (χ0v) is 19.6. The first-order valence-electron chi connectivity index (χ1n) is 10.4. The van der Waals surface area contributed by atoms with Gasteiger partial charge in [0.05, 0.1) is 0 Å². The number of carbonyl (C=O) groups excluding carboxylic acids is 1. The fourth-order valence-corrected chi connectivity index (χ4v) is 18.4. The zero-order valence-electron chi connectivity index (χ0n) is 16.7. The van der Waals surface area contributed by atoms with E-state index in [9.17, 15) is 4.79 Å². The van der Waals surface area contributed by atoms with Gasteiger partial charge in [0.15, 0.2) is 0 Å². The molecule has 0 saturated heterocycles. The van der Waals surface area contributed by atoms with Gasteiger partial charge in [-0.1, -0.05) is 0 Å². The number of esters is 1. The van der Waals surface area contributed by atoms with Crippen LogP contribution in [-0.4, -0.2) is 24.3 Å². The van der Waals surface area contributed by atoms with Crippen molar-refractivity contribution in [1.82, 2.24) is 0 Å². The van der Waals surface area contributed by atoms with Crippen molar-refractivity contribution < 1.29 is 9.53 Å². The molecule has 1 aliphatic heterocycles. The van der Waals surface area contributed by atoms with E-state index < -0.39 is 18.4 Å². The second-order valence-corrected chi connectivity index (χ2v) is 20.4. The zero-order chi connectivity index (χ0) is 18.8. The molecule has 26 heavy (non-hydrogen) atoms. The third-order valence-electron chi connectivity index (χ3n) is 5.34. The van der Waals surface area contributed by atoms with Crippen LogP contribution >= 0.6 is 0 Å². The summed E-state index contributed by atoms with van der Waals surface area (Å²) in [5.74, 6) is 0.650. The summed E-state index contributed by atoms with van der Waals surface area (Å²) in [6.45, 7) is 6.86. The molecule has 0 saturated carbocycles. The topological polar surface area (TPSA) is 26.3 Å². The molecule has 0 aliphatic carbocycles. The molecule has 1 aromatic rings. The normalized spacial score (nSPS) is 16.0. The first-order chi connectivity index (χ1) is 12.6. The second-order valence-electron chi connectivity index (χ2n) is 7.53. The number of ether oxygens (including phenoxy) is 1. The Morgan fingerprint density at radius 1 is 0.885 bits per heavy atom. The maximum absolute atomic E-state index is 12.0. The van der Waals surface area contributed by atoms with E-state index in [0.29, 0.717) is 0 Å². The maximum atomic E-state index is 12.0. The summed E-state index contributed by atoms with van der Waals surface area (Å²) < 4.78 is 12.4. The number of allylic oxidation sites excluding steroid dienone is 1. The standard InChI is InChI=1S/C11H7O2.3C4H9.Sn/c1-8-10(7-11(12)13-8)9-5-3-2-4-6-9;3*1-3-4-2;/h1-7H;3*1,3-4H2,2H3;. The summed E-state index contributed by atoms with van der Waals surface area (Å²) in [6, 6.07) is 10.2. The Morgan fingerprint density at radius 2 is 1.42 bits per heavy atom. The summed E-state index contributed by atoms with van der Waals surface area (Å²) in [5.41, 5.74) is 2.08. The Balaban J connectivity index is 2.38. The quantitative estimate of drug-likeness (QED) is 0.265. The van der Waals surface area contributed by atoms with E-state index in [4.69, 9.17) is 4.74 Å². The second kappa shape index (κ2) is 11.0. The van der Waals surface area contributed by atoms with Gasteiger partial charge in [0.25, 0.3) is 0 Å². The first-order valence-corrected chi connectivity index (χ1v) is 18.1. The van der Waals surface area contributed by atoms with E-state index in [-0.39, 0.29) is 5.97 Å². The van der Waals surface area contributed by atoms with Gasteiger partial charge in [-0.3, -0.25) is 0 Å². The van der Waals surface area contributed by atoms with E-state index in [2.05, 4.69) is 37.0 Å². The van der Waals surface area contributed by atoms with Gasteiger partial charge in [-0.2, -0.15) is 0 Å². The van der Waals surface area contributed by atoms with Gasteiger partial charge in [-0.05, 0) is 0 Å². The Kier molecular flexibility index (Phi) is 8.97. The third-order valence-corrected chi connectivity index (χ3v) is 19.4. The fraction of sp³-hybridized carbons (Fsp3) is 0.522. The molecule has 0 radical (unpaired) electrons. The van der Waals surface area contributed by atoms with Gasteiger partial charge in [0.1, 0.15) is 0 Å². The number of benzene rings is 1. The van der Waals surface area contributed by atoms with Crippen molar-refractivity contribution in [2.75, 3.05) is 0 Å². The van der Waals surface area contributed by atoms with Gasteiger partial charge in [-0.15, -0.1) is 0 Å². The summed E-state index contributed by atoms with van der Waals surface area (Å²) in [6.07, 6.45) is 9.36. The first kappa shape index (κ1) is 21.3. The van der Waals surface area contributed by atoms with Crippen molar-refractivity contribution in [3.8, 4) is 0 Å². The van der Waals surface area contributed by atoms with E-state index in [0.717, 1.165) is 16.9 Å². The molecule has 2 rings (SSSR count). The summed E-state index contributed by atoms with van der Waals surface area (Å²) in [4.78, 5) is 12.0. The van der Waals surface area contributed by atoms with Crippen molar-refractivity contribution in [3.05, 3.63) is 51.8 Å². The fourth-order valence-electron chi connectivity index (χ4n) is 3.79. The molecule has 1 heterocycles. The van der Waals surface area contributed by atoms with Crippen molar-refractivity contribution >= 4 is 29.9 Å². The van der Waals surface area contributed by atoms with E-state index in [1.807, 2.05) is 18.2 Å². The van der Waals surface area contributed by atoms with Crippen LogP contribution in [0, 0.1) is 0 Å². The molecule has 0 atom stereocenters. The van der Waals surface area contributed by atoms with Crippen molar-refractivity contribution in [1.29, 1.82) is 0 Å². The van der Waals surface area contributed by atoms with Crippen LogP contribution in [0.4, 0.5) is 0 Å². The van der Waals surface area contributed by atoms with E-state index in [1.54, 1.807) is 6.08 Å². The minimum absolute atomic E-state index is 0.211. The molecular formula is C23H34O2Sn. The van der Waals surface area contributed by atoms with Crippen LogP contribution < -0.4 is 0 Å². The Labute approximate surface area is 163 Å². The van der Waals surface area contributed by atoms with Crippen molar-refractivity contribution in [3.63, 3.8) is 0 Å². The number of cyclic esters (lactones) is 1. The molecule has 1 aliphatic rings. The molecule has 0 amide bonds.